The van der Waals surface area contributed by atoms with Crippen molar-refractivity contribution in [2.75, 3.05) is 30.3 Å². The number of carbonyl (C=O) groups excluding carboxylic acids is 1. The molecule has 0 spiro atoms. The van der Waals surface area contributed by atoms with Gasteiger partial charge in [-0.05, 0) is 43.5 Å². The van der Waals surface area contributed by atoms with Crippen LogP contribution in [-0.2, 0) is 4.79 Å². The zero-order chi connectivity index (χ0) is 15.4. The van der Waals surface area contributed by atoms with Gasteiger partial charge in [-0.1, -0.05) is 19.9 Å². The number of aryl methyl sites for hydroxylation is 1. The van der Waals surface area contributed by atoms with Crippen LogP contribution < -0.4 is 10.6 Å². The summed E-state index contributed by atoms with van der Waals surface area (Å²) in [6, 6.07) is 6.54. The molecular formula is C17H27N3O. The summed E-state index contributed by atoms with van der Waals surface area (Å²) in [7, 11) is 0. The maximum Gasteiger partial charge on any atom is 0.221 e. The molecule has 0 aromatic heterocycles. The average Bonchev–Trinajstić information content (AvgIpc) is 2.44. The molecule has 1 heterocycles. The topological polar surface area (TPSA) is 44.4 Å². The van der Waals surface area contributed by atoms with E-state index in [2.05, 4.69) is 42.4 Å². The van der Waals surface area contributed by atoms with Gasteiger partial charge in [-0.15, -0.1) is 0 Å². The first-order valence-electron chi connectivity index (χ1n) is 7.86. The van der Waals surface area contributed by atoms with Crippen LogP contribution in [0.1, 0.15) is 32.8 Å². The van der Waals surface area contributed by atoms with Crippen molar-refractivity contribution in [3.8, 4) is 0 Å². The lowest BCUT2D eigenvalue weighted by Crippen LogP contribution is -2.45. The Morgan fingerprint density at radius 3 is 2.81 bits per heavy atom. The molecule has 0 bridgehead atoms. The largest absolute Gasteiger partial charge is 0.382 e. The van der Waals surface area contributed by atoms with Gasteiger partial charge in [0.15, 0.2) is 0 Å². The Balaban J connectivity index is 2.06. The second-order valence-corrected chi connectivity index (χ2v) is 6.12. The summed E-state index contributed by atoms with van der Waals surface area (Å²) in [4.78, 5) is 13.7. The van der Waals surface area contributed by atoms with Gasteiger partial charge in [0.05, 0.1) is 0 Å². The number of rotatable bonds is 4. The standard InChI is InChI=1S/C17H27N3O/c1-5-20-9-8-16(13(3)11-20)19-17-10-15(18-14(4)21)7-6-12(17)2/h6-7,10,13,16,19H,5,8-9,11H2,1-4H3,(H,18,21). The Kier molecular flexibility index (Phi) is 5.23. The van der Waals surface area contributed by atoms with Crippen LogP contribution >= 0.6 is 0 Å². The van der Waals surface area contributed by atoms with Gasteiger partial charge in [0.1, 0.15) is 0 Å². The Hall–Kier alpha value is -1.55. The van der Waals surface area contributed by atoms with E-state index in [-0.39, 0.29) is 5.91 Å². The summed E-state index contributed by atoms with van der Waals surface area (Å²) < 4.78 is 0. The van der Waals surface area contributed by atoms with Crippen molar-refractivity contribution in [1.29, 1.82) is 0 Å². The predicted molar refractivity (Wildman–Crippen MR) is 88.8 cm³/mol. The predicted octanol–water partition coefficient (Wildman–Crippen LogP) is 3.10. The number of benzene rings is 1. The third-order valence-electron chi connectivity index (χ3n) is 4.34. The second kappa shape index (κ2) is 6.94. The quantitative estimate of drug-likeness (QED) is 0.895. The Bertz CT molecular complexity index is 501. The summed E-state index contributed by atoms with van der Waals surface area (Å²) in [6.07, 6.45) is 1.17. The second-order valence-electron chi connectivity index (χ2n) is 6.12. The van der Waals surface area contributed by atoms with Gasteiger partial charge in [0.25, 0.3) is 0 Å². The van der Waals surface area contributed by atoms with E-state index in [1.54, 1.807) is 0 Å². The lowest BCUT2D eigenvalue weighted by atomic mass is 9.93. The lowest BCUT2D eigenvalue weighted by Gasteiger charge is -2.37. The van der Waals surface area contributed by atoms with Crippen molar-refractivity contribution in [3.63, 3.8) is 0 Å². The maximum atomic E-state index is 11.2. The van der Waals surface area contributed by atoms with E-state index in [9.17, 15) is 4.79 Å². The maximum absolute atomic E-state index is 11.2. The van der Waals surface area contributed by atoms with Crippen LogP contribution in [-0.4, -0.2) is 36.5 Å². The molecule has 1 aliphatic heterocycles. The van der Waals surface area contributed by atoms with Crippen LogP contribution in [0.25, 0.3) is 0 Å². The van der Waals surface area contributed by atoms with Gasteiger partial charge >= 0.3 is 0 Å². The molecule has 1 aliphatic rings. The smallest absolute Gasteiger partial charge is 0.221 e. The molecular weight excluding hydrogens is 262 g/mol. The van der Waals surface area contributed by atoms with E-state index in [1.807, 2.05) is 12.1 Å². The number of anilines is 2. The van der Waals surface area contributed by atoms with E-state index < -0.39 is 0 Å². The molecule has 1 amide bonds. The molecule has 0 saturated carbocycles. The zero-order valence-corrected chi connectivity index (χ0v) is 13.6. The fourth-order valence-electron chi connectivity index (χ4n) is 2.99. The molecule has 116 valence electrons. The number of likely N-dealkylation sites (tertiary alicyclic amines) is 1. The van der Waals surface area contributed by atoms with Crippen molar-refractivity contribution in [2.45, 2.75) is 40.2 Å². The minimum atomic E-state index is -0.0329. The SMILES string of the molecule is CCN1CCC(Nc2cc(NC(C)=O)ccc2C)C(C)C1. The molecule has 2 atom stereocenters. The normalized spacial score (nSPS) is 22.9. The number of hydrogen-bond donors (Lipinski definition) is 2. The molecule has 1 aromatic carbocycles. The highest BCUT2D eigenvalue weighted by Gasteiger charge is 2.25. The van der Waals surface area contributed by atoms with Crippen molar-refractivity contribution < 1.29 is 4.79 Å². The molecule has 0 aliphatic carbocycles. The van der Waals surface area contributed by atoms with Crippen molar-refractivity contribution in [3.05, 3.63) is 23.8 Å². The first kappa shape index (κ1) is 15.8. The molecule has 1 fully saturated rings. The van der Waals surface area contributed by atoms with Crippen LogP contribution in [0.4, 0.5) is 11.4 Å². The minimum Gasteiger partial charge on any atom is -0.382 e. The Morgan fingerprint density at radius 2 is 2.19 bits per heavy atom. The van der Waals surface area contributed by atoms with Crippen molar-refractivity contribution in [1.82, 2.24) is 4.90 Å². The highest BCUT2D eigenvalue weighted by atomic mass is 16.1. The molecule has 2 N–H and O–H groups in total. The van der Waals surface area contributed by atoms with Gasteiger partial charge in [0, 0.05) is 37.4 Å². The summed E-state index contributed by atoms with van der Waals surface area (Å²) in [5, 5.41) is 6.53. The average molecular weight is 289 g/mol. The van der Waals surface area contributed by atoms with Crippen LogP contribution in [0.15, 0.2) is 18.2 Å². The van der Waals surface area contributed by atoms with Crippen molar-refractivity contribution in [2.24, 2.45) is 5.92 Å². The third kappa shape index (κ3) is 4.21. The number of piperidine rings is 1. The minimum absolute atomic E-state index is 0.0329. The Morgan fingerprint density at radius 1 is 1.43 bits per heavy atom. The van der Waals surface area contributed by atoms with Gasteiger partial charge in [0.2, 0.25) is 5.91 Å². The first-order valence-corrected chi connectivity index (χ1v) is 7.86. The molecule has 4 nitrogen and oxygen atoms in total. The molecule has 2 rings (SSSR count). The molecule has 1 aromatic rings. The van der Waals surface area contributed by atoms with Crippen LogP contribution in [0.3, 0.4) is 0 Å². The molecule has 21 heavy (non-hydrogen) atoms. The van der Waals surface area contributed by atoms with Crippen LogP contribution in [0.5, 0.6) is 0 Å². The molecule has 4 heteroatoms. The van der Waals surface area contributed by atoms with Crippen molar-refractivity contribution >= 4 is 17.3 Å². The monoisotopic (exact) mass is 289 g/mol. The molecule has 2 unspecified atom stereocenters. The van der Waals surface area contributed by atoms with Gasteiger partial charge < -0.3 is 15.5 Å². The summed E-state index contributed by atoms with van der Waals surface area (Å²) >= 11 is 0. The zero-order valence-electron chi connectivity index (χ0n) is 13.6. The van der Waals surface area contributed by atoms with E-state index in [0.29, 0.717) is 12.0 Å². The molecule has 0 radical (unpaired) electrons. The van der Waals surface area contributed by atoms with Gasteiger partial charge in [-0.2, -0.15) is 0 Å². The summed E-state index contributed by atoms with van der Waals surface area (Å²) in [6.45, 7) is 11.6. The fourth-order valence-corrected chi connectivity index (χ4v) is 2.99. The number of hydrogen-bond acceptors (Lipinski definition) is 3. The number of carbonyl (C=O) groups is 1. The summed E-state index contributed by atoms with van der Waals surface area (Å²) in [5.74, 6) is 0.594. The molecule has 1 saturated heterocycles. The van der Waals surface area contributed by atoms with Gasteiger partial charge in [-0.3, -0.25) is 4.79 Å². The highest BCUT2D eigenvalue weighted by Crippen LogP contribution is 2.25. The fraction of sp³-hybridized carbons (Fsp3) is 0.588. The van der Waals surface area contributed by atoms with E-state index in [1.165, 1.54) is 18.9 Å². The van der Waals surface area contributed by atoms with E-state index in [0.717, 1.165) is 31.0 Å². The van der Waals surface area contributed by atoms with Gasteiger partial charge in [-0.25, -0.2) is 0 Å². The Labute approximate surface area is 127 Å². The number of amides is 1. The van der Waals surface area contributed by atoms with E-state index >= 15 is 0 Å². The number of nitrogens with zero attached hydrogens (tertiary/aromatic N) is 1. The van der Waals surface area contributed by atoms with Crippen LogP contribution in [0, 0.1) is 12.8 Å². The number of nitrogens with one attached hydrogen (secondary N) is 2. The highest BCUT2D eigenvalue weighted by molar-refractivity contribution is 5.89. The lowest BCUT2D eigenvalue weighted by molar-refractivity contribution is -0.114. The van der Waals surface area contributed by atoms with E-state index in [4.69, 9.17) is 0 Å². The van der Waals surface area contributed by atoms with Crippen LogP contribution in [0.2, 0.25) is 0 Å². The first-order chi connectivity index (χ1) is 9.99. The summed E-state index contributed by atoms with van der Waals surface area (Å²) in [5.41, 5.74) is 3.20. The third-order valence-corrected chi connectivity index (χ3v) is 4.34.